The van der Waals surface area contributed by atoms with Crippen LogP contribution in [0.1, 0.15) is 19.4 Å². The molecule has 7 heteroatoms. The fourth-order valence-corrected chi connectivity index (χ4v) is 3.27. The molecular weight excluding hydrogens is 374 g/mol. The molecule has 1 N–H and O–H groups in total. The Bertz CT molecular complexity index is 940. The Balaban J connectivity index is 1.70. The third-order valence-electron chi connectivity index (χ3n) is 3.83. The molecule has 0 saturated carbocycles. The van der Waals surface area contributed by atoms with Crippen LogP contribution in [-0.4, -0.2) is 31.5 Å². The highest BCUT2D eigenvalue weighted by Gasteiger charge is 2.09. The Labute approximate surface area is 168 Å². The van der Waals surface area contributed by atoms with E-state index in [1.165, 1.54) is 11.3 Å². The quantitative estimate of drug-likeness (QED) is 0.404. The lowest BCUT2D eigenvalue weighted by Crippen LogP contribution is -1.99. The van der Waals surface area contributed by atoms with E-state index in [9.17, 15) is 0 Å². The van der Waals surface area contributed by atoms with Crippen molar-refractivity contribution in [1.82, 2.24) is 4.98 Å². The van der Waals surface area contributed by atoms with Crippen molar-refractivity contribution in [2.75, 3.05) is 25.7 Å². The average molecular weight is 398 g/mol. The Morgan fingerprint density at radius 3 is 2.61 bits per heavy atom. The van der Waals surface area contributed by atoms with Crippen molar-refractivity contribution in [3.63, 3.8) is 0 Å². The lowest BCUT2D eigenvalue weighted by atomic mass is 10.1. The van der Waals surface area contributed by atoms with Gasteiger partial charge in [0.05, 0.1) is 32.2 Å². The first-order chi connectivity index (χ1) is 13.7. The van der Waals surface area contributed by atoms with Crippen LogP contribution < -0.4 is 19.6 Å². The molecule has 0 atom stereocenters. The number of nitrogens with zero attached hydrogens (tertiary/aromatic N) is 2. The van der Waals surface area contributed by atoms with Gasteiger partial charge in [0.15, 0.2) is 11.5 Å². The number of hydrogen-bond donors (Lipinski definition) is 1. The molecule has 0 bridgehead atoms. The SMILES string of the molecule is CCOc1ccc(/C=N\Nc2nc(-c3ccccc3OC)cs2)cc1OCC. The Kier molecular flexibility index (Phi) is 6.86. The molecule has 0 aliphatic rings. The van der Waals surface area contributed by atoms with Gasteiger partial charge in [-0.2, -0.15) is 5.10 Å². The molecule has 0 fully saturated rings. The lowest BCUT2D eigenvalue weighted by Gasteiger charge is -2.11. The average Bonchev–Trinajstić information content (AvgIpc) is 3.19. The second-order valence-corrected chi connectivity index (χ2v) is 6.54. The highest BCUT2D eigenvalue weighted by molar-refractivity contribution is 7.14. The van der Waals surface area contributed by atoms with Crippen molar-refractivity contribution in [2.45, 2.75) is 13.8 Å². The van der Waals surface area contributed by atoms with Gasteiger partial charge >= 0.3 is 0 Å². The first kappa shape index (κ1) is 19.7. The van der Waals surface area contributed by atoms with Gasteiger partial charge in [-0.05, 0) is 49.7 Å². The molecule has 0 aliphatic carbocycles. The highest BCUT2D eigenvalue weighted by Crippen LogP contribution is 2.32. The van der Waals surface area contributed by atoms with E-state index in [4.69, 9.17) is 14.2 Å². The number of para-hydroxylation sites is 1. The van der Waals surface area contributed by atoms with Gasteiger partial charge in [-0.1, -0.05) is 12.1 Å². The van der Waals surface area contributed by atoms with Crippen LogP contribution in [-0.2, 0) is 0 Å². The molecule has 0 unspecified atom stereocenters. The van der Waals surface area contributed by atoms with E-state index in [0.29, 0.717) is 24.1 Å². The molecule has 1 heterocycles. The van der Waals surface area contributed by atoms with Gasteiger partial charge in [0.25, 0.3) is 0 Å². The van der Waals surface area contributed by atoms with Gasteiger partial charge < -0.3 is 14.2 Å². The Morgan fingerprint density at radius 1 is 1.04 bits per heavy atom. The predicted molar refractivity (Wildman–Crippen MR) is 114 cm³/mol. The standard InChI is InChI=1S/C21H23N3O3S/c1-4-26-19-11-10-15(12-20(19)27-5-2)13-22-24-21-23-17(14-28-21)16-8-6-7-9-18(16)25-3/h6-14H,4-5H2,1-3H3,(H,23,24)/b22-13-. The number of nitrogens with one attached hydrogen (secondary N) is 1. The van der Waals surface area contributed by atoms with E-state index in [2.05, 4.69) is 15.5 Å². The van der Waals surface area contributed by atoms with Crippen molar-refractivity contribution in [2.24, 2.45) is 5.10 Å². The van der Waals surface area contributed by atoms with E-state index < -0.39 is 0 Å². The second-order valence-electron chi connectivity index (χ2n) is 5.68. The fraction of sp³-hybridized carbons (Fsp3) is 0.238. The summed E-state index contributed by atoms with van der Waals surface area (Å²) in [6, 6.07) is 13.5. The van der Waals surface area contributed by atoms with Crippen LogP contribution in [0.15, 0.2) is 52.9 Å². The summed E-state index contributed by atoms with van der Waals surface area (Å²) < 4.78 is 16.6. The summed E-state index contributed by atoms with van der Waals surface area (Å²) in [5.74, 6) is 2.23. The van der Waals surface area contributed by atoms with Crippen LogP contribution in [0.2, 0.25) is 0 Å². The first-order valence-electron chi connectivity index (χ1n) is 9.02. The van der Waals surface area contributed by atoms with Gasteiger partial charge in [-0.25, -0.2) is 4.98 Å². The van der Waals surface area contributed by atoms with Crippen LogP contribution in [0.4, 0.5) is 5.13 Å². The molecular formula is C21H23N3O3S. The van der Waals surface area contributed by atoms with Crippen molar-refractivity contribution in [3.05, 3.63) is 53.4 Å². The van der Waals surface area contributed by atoms with E-state index >= 15 is 0 Å². The Hall–Kier alpha value is -3.06. The number of benzene rings is 2. The molecule has 0 aliphatic heterocycles. The summed E-state index contributed by atoms with van der Waals surface area (Å²) in [5.41, 5.74) is 5.68. The molecule has 1 aromatic heterocycles. The van der Waals surface area contributed by atoms with Gasteiger partial charge in [-0.15, -0.1) is 11.3 Å². The van der Waals surface area contributed by atoms with E-state index in [0.717, 1.165) is 28.3 Å². The zero-order valence-corrected chi connectivity index (χ0v) is 17.0. The number of aromatic nitrogens is 1. The summed E-state index contributed by atoms with van der Waals surface area (Å²) >= 11 is 1.48. The van der Waals surface area contributed by atoms with Crippen LogP contribution in [0.3, 0.4) is 0 Å². The maximum absolute atomic E-state index is 5.64. The summed E-state index contributed by atoms with van der Waals surface area (Å²) in [7, 11) is 1.65. The molecule has 0 radical (unpaired) electrons. The molecule has 6 nitrogen and oxygen atoms in total. The van der Waals surface area contributed by atoms with Gasteiger partial charge in [0.1, 0.15) is 5.75 Å². The molecule has 28 heavy (non-hydrogen) atoms. The fourth-order valence-electron chi connectivity index (χ4n) is 2.62. The predicted octanol–water partition coefficient (Wildman–Crippen LogP) is 5.06. The van der Waals surface area contributed by atoms with Crippen LogP contribution in [0, 0.1) is 0 Å². The van der Waals surface area contributed by atoms with Crippen molar-refractivity contribution >= 4 is 22.7 Å². The normalized spacial score (nSPS) is 10.8. The minimum Gasteiger partial charge on any atom is -0.496 e. The molecule has 0 saturated heterocycles. The molecule has 2 aromatic carbocycles. The van der Waals surface area contributed by atoms with Crippen molar-refractivity contribution < 1.29 is 14.2 Å². The van der Waals surface area contributed by atoms with Gasteiger partial charge in [-0.3, -0.25) is 5.43 Å². The zero-order chi connectivity index (χ0) is 19.8. The largest absolute Gasteiger partial charge is 0.496 e. The minimum atomic E-state index is 0.573. The first-order valence-corrected chi connectivity index (χ1v) is 9.90. The zero-order valence-electron chi connectivity index (χ0n) is 16.1. The molecule has 0 spiro atoms. The van der Waals surface area contributed by atoms with Crippen LogP contribution in [0.5, 0.6) is 17.2 Å². The van der Waals surface area contributed by atoms with Gasteiger partial charge in [0.2, 0.25) is 5.13 Å². The second kappa shape index (κ2) is 9.75. The number of thiazole rings is 1. The topological polar surface area (TPSA) is 65.0 Å². The van der Waals surface area contributed by atoms with E-state index in [1.807, 2.05) is 61.7 Å². The summed E-state index contributed by atoms with van der Waals surface area (Å²) in [6.07, 6.45) is 1.72. The number of hydrazone groups is 1. The minimum absolute atomic E-state index is 0.573. The summed E-state index contributed by atoms with van der Waals surface area (Å²) in [6.45, 7) is 5.06. The maximum Gasteiger partial charge on any atom is 0.203 e. The Morgan fingerprint density at radius 2 is 1.82 bits per heavy atom. The maximum atomic E-state index is 5.64. The van der Waals surface area contributed by atoms with E-state index in [1.54, 1.807) is 13.3 Å². The summed E-state index contributed by atoms with van der Waals surface area (Å²) in [5, 5.41) is 6.96. The molecule has 146 valence electrons. The molecule has 0 amide bonds. The van der Waals surface area contributed by atoms with Crippen molar-refractivity contribution in [1.29, 1.82) is 0 Å². The number of hydrogen-bond acceptors (Lipinski definition) is 7. The number of rotatable bonds is 9. The van der Waals surface area contributed by atoms with E-state index in [-0.39, 0.29) is 0 Å². The molecule has 3 aromatic rings. The lowest BCUT2D eigenvalue weighted by molar-refractivity contribution is 0.288. The van der Waals surface area contributed by atoms with Crippen LogP contribution in [0.25, 0.3) is 11.3 Å². The third-order valence-corrected chi connectivity index (χ3v) is 4.58. The highest BCUT2D eigenvalue weighted by atomic mass is 32.1. The van der Waals surface area contributed by atoms with Gasteiger partial charge in [0, 0.05) is 10.9 Å². The number of anilines is 1. The molecule has 3 rings (SSSR count). The smallest absolute Gasteiger partial charge is 0.203 e. The van der Waals surface area contributed by atoms with Crippen LogP contribution >= 0.6 is 11.3 Å². The number of ether oxygens (including phenoxy) is 3. The number of methoxy groups -OCH3 is 1. The monoisotopic (exact) mass is 397 g/mol. The summed E-state index contributed by atoms with van der Waals surface area (Å²) in [4.78, 5) is 4.57. The third kappa shape index (κ3) is 4.80. The van der Waals surface area contributed by atoms with Crippen molar-refractivity contribution in [3.8, 4) is 28.5 Å².